The van der Waals surface area contributed by atoms with Crippen LogP contribution in [0.4, 0.5) is 4.39 Å². The van der Waals surface area contributed by atoms with E-state index in [1.807, 2.05) is 20.8 Å². The van der Waals surface area contributed by atoms with E-state index in [0.717, 1.165) is 5.56 Å². The van der Waals surface area contributed by atoms with E-state index < -0.39 is 17.2 Å². The Labute approximate surface area is 134 Å². The molecule has 5 nitrogen and oxygen atoms in total. The summed E-state index contributed by atoms with van der Waals surface area (Å²) >= 11 is 0. The Hall–Kier alpha value is -2.50. The molecule has 0 saturated carbocycles. The molecule has 0 N–H and O–H groups in total. The van der Waals surface area contributed by atoms with Crippen LogP contribution in [0, 0.1) is 5.82 Å². The summed E-state index contributed by atoms with van der Waals surface area (Å²) in [6.07, 6.45) is 2.89. The van der Waals surface area contributed by atoms with Crippen molar-refractivity contribution in [3.8, 4) is 0 Å². The first kappa shape index (κ1) is 16.9. The molecule has 0 unspecified atom stereocenters. The highest BCUT2D eigenvalue weighted by atomic mass is 19.1. The second-order valence-corrected chi connectivity index (χ2v) is 6.42. The summed E-state index contributed by atoms with van der Waals surface area (Å²) in [5, 5.41) is 3.92. The Balaban J connectivity index is 2.26. The number of ketones is 1. The molecule has 6 heteroatoms. The Bertz CT molecular complexity index is 714. The number of amides is 1. The molecule has 2 rings (SSSR count). The maximum atomic E-state index is 13.0. The van der Waals surface area contributed by atoms with E-state index >= 15 is 0 Å². The van der Waals surface area contributed by atoms with Gasteiger partial charge in [0.25, 0.3) is 11.7 Å². The summed E-state index contributed by atoms with van der Waals surface area (Å²) in [6, 6.07) is 5.89. The van der Waals surface area contributed by atoms with Gasteiger partial charge in [0, 0.05) is 25.3 Å². The second kappa shape index (κ2) is 6.32. The molecule has 0 atom stereocenters. The van der Waals surface area contributed by atoms with E-state index in [2.05, 4.69) is 5.10 Å². The molecule has 2 aromatic rings. The van der Waals surface area contributed by atoms with Gasteiger partial charge in [0.1, 0.15) is 5.82 Å². The van der Waals surface area contributed by atoms with Crippen LogP contribution in [0.15, 0.2) is 36.7 Å². The van der Waals surface area contributed by atoms with Gasteiger partial charge in [-0.05, 0) is 38.5 Å². The fourth-order valence-corrected chi connectivity index (χ4v) is 2.17. The minimum atomic E-state index is -0.602. The molecule has 1 amide bonds. The molecular weight excluding hydrogens is 297 g/mol. The highest BCUT2D eigenvalue weighted by molar-refractivity contribution is 6.42. The normalized spacial score (nSPS) is 11.3. The number of aromatic nitrogens is 2. The van der Waals surface area contributed by atoms with E-state index in [4.69, 9.17) is 0 Å². The van der Waals surface area contributed by atoms with Crippen molar-refractivity contribution in [2.24, 2.45) is 7.05 Å². The zero-order valence-corrected chi connectivity index (χ0v) is 13.7. The van der Waals surface area contributed by atoms with Crippen molar-refractivity contribution in [2.75, 3.05) is 0 Å². The first-order valence-corrected chi connectivity index (χ1v) is 7.28. The zero-order chi connectivity index (χ0) is 17.2. The molecule has 0 spiro atoms. The largest absolute Gasteiger partial charge is 0.327 e. The van der Waals surface area contributed by atoms with Crippen LogP contribution < -0.4 is 0 Å². The predicted octanol–water partition coefficient (Wildman–Crippen LogP) is 2.57. The van der Waals surface area contributed by atoms with Gasteiger partial charge in [-0.3, -0.25) is 14.3 Å². The molecule has 0 radical (unpaired) electrons. The summed E-state index contributed by atoms with van der Waals surface area (Å²) in [7, 11) is 1.68. The van der Waals surface area contributed by atoms with Gasteiger partial charge in [-0.1, -0.05) is 12.1 Å². The third-order valence-corrected chi connectivity index (χ3v) is 3.47. The van der Waals surface area contributed by atoms with E-state index in [0.29, 0.717) is 0 Å². The van der Waals surface area contributed by atoms with Crippen molar-refractivity contribution in [3.05, 3.63) is 53.6 Å². The van der Waals surface area contributed by atoms with E-state index in [1.54, 1.807) is 19.2 Å². The third-order valence-electron chi connectivity index (χ3n) is 3.47. The van der Waals surface area contributed by atoms with Crippen LogP contribution in [-0.4, -0.2) is 31.9 Å². The molecule has 23 heavy (non-hydrogen) atoms. The SMILES string of the molecule is Cn1cc(C(=O)C(=O)N(Cc2ccc(F)cc2)C(C)(C)C)cn1. The highest BCUT2D eigenvalue weighted by Gasteiger charge is 2.32. The van der Waals surface area contributed by atoms with Gasteiger partial charge in [0.15, 0.2) is 0 Å². The number of carbonyl (C=O) groups is 2. The number of Topliss-reactive ketones (excluding diaryl/α,β-unsaturated/α-hetero) is 1. The molecule has 0 aliphatic heterocycles. The summed E-state index contributed by atoms with van der Waals surface area (Å²) < 4.78 is 14.5. The van der Waals surface area contributed by atoms with Crippen LogP contribution in [0.5, 0.6) is 0 Å². The topological polar surface area (TPSA) is 55.2 Å². The van der Waals surface area contributed by atoms with Crippen molar-refractivity contribution >= 4 is 11.7 Å². The lowest BCUT2D eigenvalue weighted by molar-refractivity contribution is -0.131. The van der Waals surface area contributed by atoms with Crippen LogP contribution in [0.3, 0.4) is 0 Å². The van der Waals surface area contributed by atoms with Crippen LogP contribution >= 0.6 is 0 Å². The van der Waals surface area contributed by atoms with Gasteiger partial charge in [-0.2, -0.15) is 5.10 Å². The molecular formula is C17H20FN3O2. The first-order valence-electron chi connectivity index (χ1n) is 7.28. The third kappa shape index (κ3) is 4.03. The standard InChI is InChI=1S/C17H20FN3O2/c1-17(2,3)21(10-12-5-7-14(18)8-6-12)16(23)15(22)13-9-19-20(4)11-13/h5-9,11H,10H2,1-4H3. The number of halogens is 1. The fourth-order valence-electron chi connectivity index (χ4n) is 2.17. The molecule has 1 heterocycles. The quantitative estimate of drug-likeness (QED) is 0.643. The Morgan fingerprint density at radius 1 is 1.22 bits per heavy atom. The summed E-state index contributed by atoms with van der Waals surface area (Å²) in [4.78, 5) is 26.5. The van der Waals surface area contributed by atoms with E-state index in [9.17, 15) is 14.0 Å². The number of carbonyl (C=O) groups excluding carboxylic acids is 2. The minimum Gasteiger partial charge on any atom is -0.327 e. The molecule has 1 aromatic carbocycles. The van der Waals surface area contributed by atoms with Gasteiger partial charge in [0.2, 0.25) is 0 Å². The van der Waals surface area contributed by atoms with Crippen LogP contribution in [-0.2, 0) is 18.4 Å². The van der Waals surface area contributed by atoms with Crippen LogP contribution in [0.1, 0.15) is 36.7 Å². The van der Waals surface area contributed by atoms with Gasteiger partial charge in [-0.25, -0.2) is 4.39 Å². The molecule has 122 valence electrons. The number of nitrogens with zero attached hydrogens (tertiary/aromatic N) is 3. The minimum absolute atomic E-state index is 0.231. The number of aryl methyl sites for hydroxylation is 1. The molecule has 0 aliphatic carbocycles. The van der Waals surface area contributed by atoms with Crippen molar-refractivity contribution in [3.63, 3.8) is 0 Å². The predicted molar refractivity (Wildman–Crippen MR) is 84.2 cm³/mol. The zero-order valence-electron chi connectivity index (χ0n) is 13.7. The van der Waals surface area contributed by atoms with Crippen molar-refractivity contribution in [1.29, 1.82) is 0 Å². The summed E-state index contributed by atoms with van der Waals surface area (Å²) in [5.74, 6) is -1.54. The number of benzene rings is 1. The van der Waals surface area contributed by atoms with Gasteiger partial charge < -0.3 is 4.90 Å². The Morgan fingerprint density at radius 2 is 1.83 bits per heavy atom. The molecule has 1 aromatic heterocycles. The maximum Gasteiger partial charge on any atom is 0.295 e. The summed E-state index contributed by atoms with van der Waals surface area (Å²) in [6.45, 7) is 5.79. The number of hydrogen-bond acceptors (Lipinski definition) is 3. The first-order chi connectivity index (χ1) is 10.7. The lowest BCUT2D eigenvalue weighted by Crippen LogP contribution is -2.48. The monoisotopic (exact) mass is 317 g/mol. The second-order valence-electron chi connectivity index (χ2n) is 6.42. The Kier molecular flexibility index (Phi) is 4.63. The average molecular weight is 317 g/mol. The molecule has 0 saturated heterocycles. The van der Waals surface area contributed by atoms with Crippen molar-refractivity contribution in [2.45, 2.75) is 32.9 Å². The number of hydrogen-bond donors (Lipinski definition) is 0. The lowest BCUT2D eigenvalue weighted by atomic mass is 10.0. The average Bonchev–Trinajstić information content (AvgIpc) is 2.90. The van der Waals surface area contributed by atoms with Gasteiger partial charge in [0.05, 0.1) is 11.8 Å². The molecule has 0 fully saturated rings. The van der Waals surface area contributed by atoms with Crippen molar-refractivity contribution < 1.29 is 14.0 Å². The lowest BCUT2D eigenvalue weighted by Gasteiger charge is -2.35. The smallest absolute Gasteiger partial charge is 0.295 e. The van der Waals surface area contributed by atoms with E-state index in [1.165, 1.54) is 34.1 Å². The molecule has 0 aliphatic rings. The maximum absolute atomic E-state index is 13.0. The molecule has 0 bridgehead atoms. The van der Waals surface area contributed by atoms with Gasteiger partial charge >= 0.3 is 0 Å². The highest BCUT2D eigenvalue weighted by Crippen LogP contribution is 2.19. The van der Waals surface area contributed by atoms with E-state index in [-0.39, 0.29) is 17.9 Å². The Morgan fingerprint density at radius 3 is 2.30 bits per heavy atom. The van der Waals surface area contributed by atoms with Crippen LogP contribution in [0.25, 0.3) is 0 Å². The summed E-state index contributed by atoms with van der Waals surface area (Å²) in [5.41, 5.74) is 0.461. The fraction of sp³-hybridized carbons (Fsp3) is 0.353. The van der Waals surface area contributed by atoms with Crippen LogP contribution in [0.2, 0.25) is 0 Å². The van der Waals surface area contributed by atoms with Gasteiger partial charge in [-0.15, -0.1) is 0 Å². The number of rotatable bonds is 4. The van der Waals surface area contributed by atoms with Crippen molar-refractivity contribution in [1.82, 2.24) is 14.7 Å².